The predicted molar refractivity (Wildman–Crippen MR) is 83.5 cm³/mol. The number of rotatable bonds is 2. The SMILES string of the molecule is Cc1cnc(CN2CCC3CCCCC3C2)c(C)c1N. The molecule has 2 fully saturated rings. The van der Waals surface area contributed by atoms with Crippen LogP contribution < -0.4 is 5.73 Å². The van der Waals surface area contributed by atoms with Gasteiger partial charge in [0.1, 0.15) is 0 Å². The Morgan fingerprint density at radius 3 is 2.75 bits per heavy atom. The molecule has 0 amide bonds. The molecule has 0 radical (unpaired) electrons. The molecule has 0 aromatic carbocycles. The van der Waals surface area contributed by atoms with Crippen LogP contribution in [0.4, 0.5) is 5.69 Å². The van der Waals surface area contributed by atoms with Gasteiger partial charge in [0.05, 0.1) is 5.69 Å². The zero-order valence-electron chi connectivity index (χ0n) is 12.9. The molecule has 3 nitrogen and oxygen atoms in total. The zero-order chi connectivity index (χ0) is 14.1. The van der Waals surface area contributed by atoms with Gasteiger partial charge in [0, 0.05) is 25.0 Å². The standard InChI is InChI=1S/C17H27N3/c1-12-9-19-16(13(2)17(12)18)11-20-8-7-14-5-3-4-6-15(14)10-20/h9,14-15H,3-8,10-11H2,1-2H3,(H2,18,19). The molecule has 20 heavy (non-hydrogen) atoms. The van der Waals surface area contributed by atoms with E-state index in [1.807, 2.05) is 13.1 Å². The topological polar surface area (TPSA) is 42.2 Å². The van der Waals surface area contributed by atoms with Crippen LogP contribution in [0.2, 0.25) is 0 Å². The van der Waals surface area contributed by atoms with Gasteiger partial charge in [0.25, 0.3) is 0 Å². The highest BCUT2D eigenvalue weighted by Gasteiger charge is 2.31. The first-order valence-corrected chi connectivity index (χ1v) is 8.08. The predicted octanol–water partition coefficient (Wildman–Crippen LogP) is 3.29. The molecular formula is C17H27N3. The lowest BCUT2D eigenvalue weighted by atomic mass is 9.75. The van der Waals surface area contributed by atoms with Gasteiger partial charge in [-0.25, -0.2) is 0 Å². The van der Waals surface area contributed by atoms with Crippen molar-refractivity contribution < 1.29 is 0 Å². The van der Waals surface area contributed by atoms with Crippen molar-refractivity contribution in [1.82, 2.24) is 9.88 Å². The van der Waals surface area contributed by atoms with Crippen molar-refractivity contribution >= 4 is 5.69 Å². The second-order valence-corrected chi connectivity index (χ2v) is 6.75. The van der Waals surface area contributed by atoms with Crippen LogP contribution in [0, 0.1) is 25.7 Å². The van der Waals surface area contributed by atoms with Crippen molar-refractivity contribution in [2.75, 3.05) is 18.8 Å². The third-order valence-corrected chi connectivity index (χ3v) is 5.42. The summed E-state index contributed by atoms with van der Waals surface area (Å²) >= 11 is 0. The zero-order valence-corrected chi connectivity index (χ0v) is 12.9. The largest absolute Gasteiger partial charge is 0.398 e. The Hall–Kier alpha value is -1.09. The Morgan fingerprint density at radius 2 is 1.95 bits per heavy atom. The van der Waals surface area contributed by atoms with E-state index < -0.39 is 0 Å². The molecule has 2 atom stereocenters. The lowest BCUT2D eigenvalue weighted by Gasteiger charge is -2.41. The molecule has 1 aromatic rings. The third-order valence-electron chi connectivity index (χ3n) is 5.42. The van der Waals surface area contributed by atoms with E-state index in [2.05, 4.69) is 16.8 Å². The average Bonchev–Trinajstić information content (AvgIpc) is 2.48. The van der Waals surface area contributed by atoms with Crippen molar-refractivity contribution in [3.63, 3.8) is 0 Å². The number of hydrogen-bond acceptors (Lipinski definition) is 3. The van der Waals surface area contributed by atoms with Gasteiger partial charge in [0.2, 0.25) is 0 Å². The van der Waals surface area contributed by atoms with Crippen molar-refractivity contribution in [1.29, 1.82) is 0 Å². The fourth-order valence-corrected chi connectivity index (χ4v) is 3.98. The number of aryl methyl sites for hydroxylation is 1. The number of nitrogens with zero attached hydrogens (tertiary/aromatic N) is 2. The molecule has 0 spiro atoms. The Bertz CT molecular complexity index is 483. The Labute approximate surface area is 122 Å². The lowest BCUT2D eigenvalue weighted by molar-refractivity contribution is 0.0811. The molecule has 1 aromatic heterocycles. The first-order chi connectivity index (χ1) is 9.65. The summed E-state index contributed by atoms with van der Waals surface area (Å²) in [5.41, 5.74) is 10.5. The van der Waals surface area contributed by atoms with E-state index in [-0.39, 0.29) is 0 Å². The highest BCUT2D eigenvalue weighted by atomic mass is 15.1. The van der Waals surface area contributed by atoms with Gasteiger partial charge in [-0.1, -0.05) is 19.3 Å². The van der Waals surface area contributed by atoms with Crippen LogP contribution in [0.15, 0.2) is 6.20 Å². The number of piperidine rings is 1. The maximum Gasteiger partial charge on any atom is 0.0593 e. The Balaban J connectivity index is 1.68. The van der Waals surface area contributed by atoms with Crippen LogP contribution in [-0.4, -0.2) is 23.0 Å². The van der Waals surface area contributed by atoms with Crippen LogP contribution in [0.5, 0.6) is 0 Å². The number of nitrogen functional groups attached to an aromatic ring is 1. The summed E-state index contributed by atoms with van der Waals surface area (Å²) in [6, 6.07) is 0. The molecule has 0 bridgehead atoms. The highest BCUT2D eigenvalue weighted by molar-refractivity contribution is 5.53. The molecule has 2 heterocycles. The van der Waals surface area contributed by atoms with E-state index in [4.69, 9.17) is 5.73 Å². The number of likely N-dealkylation sites (tertiary alicyclic amines) is 1. The average molecular weight is 273 g/mol. The van der Waals surface area contributed by atoms with Gasteiger partial charge < -0.3 is 5.73 Å². The normalized spacial score (nSPS) is 27.3. The van der Waals surface area contributed by atoms with Crippen molar-refractivity contribution in [3.8, 4) is 0 Å². The van der Waals surface area contributed by atoms with Gasteiger partial charge in [-0.15, -0.1) is 0 Å². The van der Waals surface area contributed by atoms with Crippen LogP contribution in [0.1, 0.15) is 48.9 Å². The molecular weight excluding hydrogens is 246 g/mol. The maximum absolute atomic E-state index is 6.14. The molecule has 1 aliphatic heterocycles. The quantitative estimate of drug-likeness (QED) is 0.899. The first kappa shape index (κ1) is 13.9. The minimum Gasteiger partial charge on any atom is -0.398 e. The van der Waals surface area contributed by atoms with Crippen LogP contribution in [-0.2, 0) is 6.54 Å². The minimum atomic E-state index is 0.919. The molecule has 2 aliphatic rings. The number of nitrogens with two attached hydrogens (primary N) is 1. The third kappa shape index (κ3) is 2.69. The summed E-state index contributed by atoms with van der Waals surface area (Å²) in [4.78, 5) is 7.21. The molecule has 2 N–H and O–H groups in total. The second-order valence-electron chi connectivity index (χ2n) is 6.75. The van der Waals surface area contributed by atoms with Gasteiger partial charge >= 0.3 is 0 Å². The van der Waals surface area contributed by atoms with Crippen molar-refractivity contribution in [2.24, 2.45) is 11.8 Å². The van der Waals surface area contributed by atoms with Crippen molar-refractivity contribution in [3.05, 3.63) is 23.0 Å². The summed E-state index contributed by atoms with van der Waals surface area (Å²) < 4.78 is 0. The lowest BCUT2D eigenvalue weighted by Crippen LogP contribution is -2.41. The van der Waals surface area contributed by atoms with Gasteiger partial charge in [-0.3, -0.25) is 9.88 Å². The smallest absolute Gasteiger partial charge is 0.0593 e. The van der Waals surface area contributed by atoms with E-state index in [9.17, 15) is 0 Å². The molecule has 2 unspecified atom stereocenters. The van der Waals surface area contributed by atoms with E-state index in [0.717, 1.165) is 29.6 Å². The second kappa shape index (κ2) is 5.72. The summed E-state index contributed by atoms with van der Waals surface area (Å²) in [5, 5.41) is 0. The molecule has 1 aliphatic carbocycles. The van der Waals surface area contributed by atoms with Crippen molar-refractivity contribution in [2.45, 2.75) is 52.5 Å². The fraction of sp³-hybridized carbons (Fsp3) is 0.706. The molecule has 1 saturated carbocycles. The summed E-state index contributed by atoms with van der Waals surface area (Å²) in [7, 11) is 0. The number of anilines is 1. The number of fused-ring (bicyclic) bond motifs is 1. The van der Waals surface area contributed by atoms with Gasteiger partial charge in [-0.05, 0) is 56.2 Å². The minimum absolute atomic E-state index is 0.919. The summed E-state index contributed by atoms with van der Waals surface area (Å²) in [6.07, 6.45) is 9.09. The van der Waals surface area contributed by atoms with Crippen LogP contribution >= 0.6 is 0 Å². The van der Waals surface area contributed by atoms with Crippen LogP contribution in [0.3, 0.4) is 0 Å². The number of aromatic nitrogens is 1. The highest BCUT2D eigenvalue weighted by Crippen LogP contribution is 2.36. The number of pyridine rings is 1. The van der Waals surface area contributed by atoms with E-state index in [0.29, 0.717) is 0 Å². The Morgan fingerprint density at radius 1 is 1.20 bits per heavy atom. The first-order valence-electron chi connectivity index (χ1n) is 8.08. The van der Waals surface area contributed by atoms with E-state index in [1.165, 1.54) is 56.5 Å². The van der Waals surface area contributed by atoms with Gasteiger partial charge in [0.15, 0.2) is 0 Å². The fourth-order valence-electron chi connectivity index (χ4n) is 3.98. The van der Waals surface area contributed by atoms with Gasteiger partial charge in [-0.2, -0.15) is 0 Å². The number of hydrogen-bond donors (Lipinski definition) is 1. The molecule has 3 rings (SSSR count). The van der Waals surface area contributed by atoms with Crippen LogP contribution in [0.25, 0.3) is 0 Å². The molecule has 3 heteroatoms. The molecule has 110 valence electrons. The summed E-state index contributed by atoms with van der Waals surface area (Å²) in [5.74, 6) is 1.93. The maximum atomic E-state index is 6.14. The van der Waals surface area contributed by atoms with E-state index >= 15 is 0 Å². The monoisotopic (exact) mass is 273 g/mol. The molecule has 1 saturated heterocycles. The Kier molecular flexibility index (Phi) is 3.97. The van der Waals surface area contributed by atoms with E-state index in [1.54, 1.807) is 0 Å². The summed E-state index contributed by atoms with van der Waals surface area (Å²) in [6.45, 7) is 7.61.